The number of hydrogen-bond acceptors (Lipinski definition) is 2. The Hall–Kier alpha value is -1.43. The van der Waals surface area contributed by atoms with Gasteiger partial charge in [0.2, 0.25) is 11.8 Å². The number of rotatable bonds is 5. The number of benzene rings is 1. The first-order chi connectivity index (χ1) is 9.71. The topological polar surface area (TPSA) is 58.2 Å². The quantitative estimate of drug-likeness (QED) is 0.794. The Labute approximate surface area is 132 Å². The number of carbonyl (C=O) groups is 2. The van der Waals surface area contributed by atoms with E-state index >= 15 is 0 Å². The lowest BCUT2D eigenvalue weighted by molar-refractivity contribution is -0.122. The van der Waals surface area contributed by atoms with E-state index in [1.54, 1.807) is 12.1 Å². The Bertz CT molecular complexity index is 515. The SMILES string of the molecule is CC(C)(C)[C@H](Br)C(=O)NCCC(=O)Nc1ccccc1F. The molecule has 0 aliphatic heterocycles. The van der Waals surface area contributed by atoms with Crippen molar-refractivity contribution < 1.29 is 14.0 Å². The summed E-state index contributed by atoms with van der Waals surface area (Å²) in [6, 6.07) is 5.95. The fraction of sp³-hybridized carbons (Fsp3) is 0.467. The van der Waals surface area contributed by atoms with Gasteiger partial charge in [-0.2, -0.15) is 0 Å². The number of halogens is 2. The molecule has 0 aliphatic rings. The van der Waals surface area contributed by atoms with E-state index in [2.05, 4.69) is 26.6 Å². The molecule has 1 atom stereocenters. The molecule has 0 unspecified atom stereocenters. The van der Waals surface area contributed by atoms with Gasteiger partial charge >= 0.3 is 0 Å². The smallest absolute Gasteiger partial charge is 0.234 e. The van der Waals surface area contributed by atoms with Crippen LogP contribution in [0.15, 0.2) is 24.3 Å². The third kappa shape index (κ3) is 5.83. The van der Waals surface area contributed by atoms with Crippen LogP contribution in [0.5, 0.6) is 0 Å². The molecule has 2 amide bonds. The van der Waals surface area contributed by atoms with E-state index < -0.39 is 5.82 Å². The number of carbonyl (C=O) groups excluding carboxylic acids is 2. The van der Waals surface area contributed by atoms with Gasteiger partial charge in [-0.1, -0.05) is 48.8 Å². The molecule has 116 valence electrons. The highest BCUT2D eigenvalue weighted by Crippen LogP contribution is 2.25. The Balaban J connectivity index is 2.38. The molecule has 0 radical (unpaired) electrons. The average Bonchev–Trinajstić information content (AvgIpc) is 2.39. The molecule has 0 saturated carbocycles. The molecule has 0 aliphatic carbocycles. The van der Waals surface area contributed by atoms with Crippen LogP contribution >= 0.6 is 15.9 Å². The summed E-state index contributed by atoms with van der Waals surface area (Å²) in [5.74, 6) is -0.994. The number of nitrogens with one attached hydrogen (secondary N) is 2. The summed E-state index contributed by atoms with van der Waals surface area (Å²) in [7, 11) is 0. The zero-order valence-corrected chi connectivity index (χ0v) is 14.0. The first-order valence-corrected chi connectivity index (χ1v) is 7.59. The van der Waals surface area contributed by atoms with E-state index in [0.717, 1.165) is 0 Å². The molecule has 0 saturated heterocycles. The third-order valence-corrected chi connectivity index (χ3v) is 4.58. The van der Waals surface area contributed by atoms with E-state index in [1.165, 1.54) is 12.1 Å². The summed E-state index contributed by atoms with van der Waals surface area (Å²) in [5, 5.41) is 5.15. The molecule has 4 nitrogen and oxygen atoms in total. The third-order valence-electron chi connectivity index (χ3n) is 2.79. The first kappa shape index (κ1) is 17.6. The van der Waals surface area contributed by atoms with E-state index in [4.69, 9.17) is 0 Å². The van der Waals surface area contributed by atoms with Gasteiger partial charge in [0.1, 0.15) is 5.82 Å². The van der Waals surface area contributed by atoms with Crippen molar-refractivity contribution >= 4 is 33.4 Å². The molecule has 0 bridgehead atoms. The minimum atomic E-state index is -0.483. The average molecular weight is 359 g/mol. The van der Waals surface area contributed by atoms with E-state index in [9.17, 15) is 14.0 Å². The standard InChI is InChI=1S/C15H20BrFN2O2/c1-15(2,3)13(16)14(21)18-9-8-12(20)19-11-7-5-4-6-10(11)17/h4-7,13H,8-9H2,1-3H3,(H,18,21)(H,19,20)/t13-/m1/s1. The maximum Gasteiger partial charge on any atom is 0.234 e. The second kappa shape index (κ2) is 7.54. The Morgan fingerprint density at radius 2 is 1.90 bits per heavy atom. The van der Waals surface area contributed by atoms with Gasteiger partial charge in [-0.05, 0) is 17.5 Å². The Kier molecular flexibility index (Phi) is 6.33. The maximum absolute atomic E-state index is 13.3. The molecular weight excluding hydrogens is 339 g/mol. The number of anilines is 1. The van der Waals surface area contributed by atoms with Gasteiger partial charge in [0.25, 0.3) is 0 Å². The van der Waals surface area contributed by atoms with Gasteiger partial charge < -0.3 is 10.6 Å². The van der Waals surface area contributed by atoms with Crippen molar-refractivity contribution in [1.29, 1.82) is 0 Å². The normalized spacial score (nSPS) is 12.6. The van der Waals surface area contributed by atoms with Crippen molar-refractivity contribution in [3.63, 3.8) is 0 Å². The van der Waals surface area contributed by atoms with Crippen LogP contribution in [0.3, 0.4) is 0 Å². The monoisotopic (exact) mass is 358 g/mol. The van der Waals surface area contributed by atoms with Gasteiger partial charge in [0.05, 0.1) is 10.5 Å². The largest absolute Gasteiger partial charge is 0.355 e. The second-order valence-corrected chi connectivity index (χ2v) is 6.71. The van der Waals surface area contributed by atoms with Crippen molar-refractivity contribution in [2.75, 3.05) is 11.9 Å². The summed E-state index contributed by atoms with van der Waals surface area (Å²) in [6.45, 7) is 6.03. The van der Waals surface area contributed by atoms with Gasteiger partial charge in [0.15, 0.2) is 0 Å². The molecule has 0 aromatic heterocycles. The summed E-state index contributed by atoms with van der Waals surface area (Å²) >= 11 is 3.33. The van der Waals surface area contributed by atoms with Crippen molar-refractivity contribution in [3.05, 3.63) is 30.1 Å². The second-order valence-electron chi connectivity index (χ2n) is 5.80. The number of para-hydroxylation sites is 1. The summed E-state index contributed by atoms with van der Waals surface area (Å²) in [5.41, 5.74) is -0.0682. The minimum absolute atomic E-state index is 0.0872. The van der Waals surface area contributed by atoms with Crippen molar-refractivity contribution in [3.8, 4) is 0 Å². The van der Waals surface area contributed by atoms with Gasteiger partial charge in [-0.3, -0.25) is 9.59 Å². The zero-order valence-electron chi connectivity index (χ0n) is 12.4. The molecule has 21 heavy (non-hydrogen) atoms. The molecule has 1 aromatic rings. The van der Waals surface area contributed by atoms with E-state index in [0.29, 0.717) is 0 Å². The fourth-order valence-electron chi connectivity index (χ4n) is 1.56. The van der Waals surface area contributed by atoms with Crippen LogP contribution in [-0.2, 0) is 9.59 Å². The highest BCUT2D eigenvalue weighted by molar-refractivity contribution is 9.10. The molecule has 2 N–H and O–H groups in total. The predicted molar refractivity (Wildman–Crippen MR) is 84.8 cm³/mol. The molecule has 6 heteroatoms. The van der Waals surface area contributed by atoms with E-state index in [1.807, 2.05) is 20.8 Å². The molecule has 1 rings (SSSR count). The van der Waals surface area contributed by atoms with Gasteiger partial charge in [-0.15, -0.1) is 0 Å². The predicted octanol–water partition coefficient (Wildman–Crippen LogP) is 3.08. The number of hydrogen-bond donors (Lipinski definition) is 2. The van der Waals surface area contributed by atoms with Crippen molar-refractivity contribution in [2.24, 2.45) is 5.41 Å². The summed E-state index contributed by atoms with van der Waals surface area (Å²) < 4.78 is 13.3. The van der Waals surface area contributed by atoms with Crippen LogP contribution in [0.2, 0.25) is 0 Å². The van der Waals surface area contributed by atoms with E-state index in [-0.39, 0.29) is 40.7 Å². The molecule has 0 fully saturated rings. The molecule has 1 aromatic carbocycles. The Morgan fingerprint density at radius 1 is 1.29 bits per heavy atom. The van der Waals surface area contributed by atoms with Gasteiger partial charge in [-0.25, -0.2) is 4.39 Å². The number of alkyl halides is 1. The van der Waals surface area contributed by atoms with Crippen LogP contribution in [0.4, 0.5) is 10.1 Å². The van der Waals surface area contributed by atoms with Crippen LogP contribution in [-0.4, -0.2) is 23.2 Å². The molecule has 0 heterocycles. The maximum atomic E-state index is 13.3. The highest BCUT2D eigenvalue weighted by atomic mass is 79.9. The van der Waals surface area contributed by atoms with Crippen LogP contribution in [0, 0.1) is 11.2 Å². The summed E-state index contributed by atoms with van der Waals surface area (Å²) in [6.07, 6.45) is 0.0872. The summed E-state index contributed by atoms with van der Waals surface area (Å²) in [4.78, 5) is 23.2. The molecular formula is C15H20BrFN2O2. The fourth-order valence-corrected chi connectivity index (χ4v) is 1.72. The lowest BCUT2D eigenvalue weighted by Crippen LogP contribution is -2.39. The first-order valence-electron chi connectivity index (χ1n) is 6.68. The lowest BCUT2D eigenvalue weighted by atomic mass is 9.92. The highest BCUT2D eigenvalue weighted by Gasteiger charge is 2.28. The zero-order chi connectivity index (χ0) is 16.0. The van der Waals surface area contributed by atoms with Crippen LogP contribution in [0.25, 0.3) is 0 Å². The van der Waals surface area contributed by atoms with Crippen molar-refractivity contribution in [2.45, 2.75) is 32.0 Å². The molecule has 0 spiro atoms. The van der Waals surface area contributed by atoms with Crippen LogP contribution < -0.4 is 10.6 Å². The minimum Gasteiger partial charge on any atom is -0.355 e. The van der Waals surface area contributed by atoms with Crippen LogP contribution in [0.1, 0.15) is 27.2 Å². The lowest BCUT2D eigenvalue weighted by Gasteiger charge is -2.24. The Morgan fingerprint density at radius 3 is 2.48 bits per heavy atom. The number of amides is 2. The van der Waals surface area contributed by atoms with Gasteiger partial charge in [0, 0.05) is 13.0 Å². The van der Waals surface area contributed by atoms with Crippen molar-refractivity contribution in [1.82, 2.24) is 5.32 Å².